The van der Waals surface area contributed by atoms with E-state index in [-0.39, 0.29) is 17.1 Å². The number of hydrogen-bond donors (Lipinski definition) is 2. The molecule has 1 aliphatic rings. The molecule has 0 aromatic heterocycles. The minimum absolute atomic E-state index is 0.0923. The second-order valence-corrected chi connectivity index (χ2v) is 8.19. The second-order valence-electron chi connectivity index (χ2n) is 7.79. The summed E-state index contributed by atoms with van der Waals surface area (Å²) in [5, 5.41) is 6.24. The third-order valence-electron chi connectivity index (χ3n) is 4.99. The number of benzene rings is 2. The predicted molar refractivity (Wildman–Crippen MR) is 123 cm³/mol. The van der Waals surface area contributed by atoms with Crippen LogP contribution >= 0.6 is 12.2 Å². The third-order valence-corrected chi connectivity index (χ3v) is 5.20. The standard InChI is InChI=1S/C23H29N3O2S/c1-16(2)28-19-10-8-18(9-11-19)22(27)25-23(29)24-20-6-4-5-7-21(20)26-14-12-17(3)13-15-26/h4-11,16-17H,12-15H2,1-3H3,(H2,24,25,27,29). The van der Waals surface area contributed by atoms with Crippen LogP contribution in [-0.4, -0.2) is 30.2 Å². The smallest absolute Gasteiger partial charge is 0.257 e. The Morgan fingerprint density at radius 3 is 2.41 bits per heavy atom. The van der Waals surface area contributed by atoms with Crippen molar-refractivity contribution in [2.24, 2.45) is 5.92 Å². The molecule has 0 spiro atoms. The Kier molecular flexibility index (Phi) is 7.09. The van der Waals surface area contributed by atoms with Gasteiger partial charge in [0, 0.05) is 18.7 Å². The number of rotatable bonds is 5. The normalized spacial score (nSPS) is 14.6. The van der Waals surface area contributed by atoms with Gasteiger partial charge in [-0.3, -0.25) is 10.1 Å². The summed E-state index contributed by atoms with van der Waals surface area (Å²) in [7, 11) is 0. The molecule has 2 aromatic carbocycles. The van der Waals surface area contributed by atoms with Gasteiger partial charge < -0.3 is 15.0 Å². The van der Waals surface area contributed by atoms with Crippen molar-refractivity contribution in [1.29, 1.82) is 0 Å². The van der Waals surface area contributed by atoms with E-state index >= 15 is 0 Å². The average molecular weight is 412 g/mol. The van der Waals surface area contributed by atoms with Crippen molar-refractivity contribution in [3.05, 3.63) is 54.1 Å². The third kappa shape index (κ3) is 5.94. The van der Waals surface area contributed by atoms with E-state index < -0.39 is 0 Å². The number of nitrogens with zero attached hydrogens (tertiary/aromatic N) is 1. The zero-order valence-corrected chi connectivity index (χ0v) is 18.1. The van der Waals surface area contributed by atoms with E-state index in [0.717, 1.165) is 36.1 Å². The minimum Gasteiger partial charge on any atom is -0.491 e. The van der Waals surface area contributed by atoms with E-state index in [2.05, 4.69) is 28.5 Å². The molecule has 0 saturated carbocycles. The lowest BCUT2D eigenvalue weighted by Gasteiger charge is -2.33. The second kappa shape index (κ2) is 9.74. The molecule has 1 aliphatic heterocycles. The lowest BCUT2D eigenvalue weighted by Crippen LogP contribution is -2.36. The molecule has 1 saturated heterocycles. The van der Waals surface area contributed by atoms with Gasteiger partial charge in [0.1, 0.15) is 5.75 Å². The molecule has 5 nitrogen and oxygen atoms in total. The molecule has 3 rings (SSSR count). The Balaban J connectivity index is 1.61. The van der Waals surface area contributed by atoms with Crippen LogP contribution in [0.2, 0.25) is 0 Å². The molecule has 6 heteroatoms. The number of thiocarbonyl (C=S) groups is 1. The van der Waals surface area contributed by atoms with Crippen molar-refractivity contribution < 1.29 is 9.53 Å². The van der Waals surface area contributed by atoms with Crippen LogP contribution in [-0.2, 0) is 0 Å². The SMILES string of the molecule is CC1CCN(c2ccccc2NC(=S)NC(=O)c2ccc(OC(C)C)cc2)CC1. The topological polar surface area (TPSA) is 53.6 Å². The van der Waals surface area contributed by atoms with Crippen molar-refractivity contribution in [3.63, 3.8) is 0 Å². The van der Waals surface area contributed by atoms with Gasteiger partial charge in [-0.15, -0.1) is 0 Å². The fraction of sp³-hybridized carbons (Fsp3) is 0.391. The van der Waals surface area contributed by atoms with Crippen molar-refractivity contribution >= 4 is 34.6 Å². The molecule has 0 radical (unpaired) electrons. The molecule has 1 amide bonds. The first kappa shape index (κ1) is 21.1. The van der Waals surface area contributed by atoms with E-state index in [1.54, 1.807) is 24.3 Å². The molecule has 154 valence electrons. The van der Waals surface area contributed by atoms with Crippen molar-refractivity contribution in [2.75, 3.05) is 23.3 Å². The first-order valence-corrected chi connectivity index (χ1v) is 10.6. The van der Waals surface area contributed by atoms with Gasteiger partial charge in [0.05, 0.1) is 17.5 Å². The summed E-state index contributed by atoms with van der Waals surface area (Å²) >= 11 is 5.39. The highest BCUT2D eigenvalue weighted by Gasteiger charge is 2.19. The van der Waals surface area contributed by atoms with Gasteiger partial charge in [-0.1, -0.05) is 19.1 Å². The maximum absolute atomic E-state index is 12.5. The first-order valence-electron chi connectivity index (χ1n) is 10.2. The highest BCUT2D eigenvalue weighted by atomic mass is 32.1. The summed E-state index contributed by atoms with van der Waals surface area (Å²) < 4.78 is 5.61. The fourth-order valence-electron chi connectivity index (χ4n) is 3.39. The van der Waals surface area contributed by atoms with E-state index in [0.29, 0.717) is 5.56 Å². The molecule has 2 aromatic rings. The quantitative estimate of drug-likeness (QED) is 0.690. The Hall–Kier alpha value is -2.60. The molecule has 1 heterocycles. The van der Waals surface area contributed by atoms with Gasteiger partial charge in [-0.25, -0.2) is 0 Å². The zero-order valence-electron chi connectivity index (χ0n) is 17.3. The Morgan fingerprint density at radius 1 is 1.10 bits per heavy atom. The maximum atomic E-state index is 12.5. The summed E-state index contributed by atoms with van der Waals surface area (Å²) in [4.78, 5) is 14.9. The highest BCUT2D eigenvalue weighted by molar-refractivity contribution is 7.80. The summed E-state index contributed by atoms with van der Waals surface area (Å²) in [5.74, 6) is 1.26. The van der Waals surface area contributed by atoms with Gasteiger partial charge in [-0.05, 0) is 81.2 Å². The number of ether oxygens (including phenoxy) is 1. The number of nitrogens with one attached hydrogen (secondary N) is 2. The zero-order chi connectivity index (χ0) is 20.8. The lowest BCUT2D eigenvalue weighted by atomic mass is 9.98. The number of anilines is 2. The molecule has 0 bridgehead atoms. The molecule has 29 heavy (non-hydrogen) atoms. The van der Waals surface area contributed by atoms with E-state index in [4.69, 9.17) is 17.0 Å². The maximum Gasteiger partial charge on any atom is 0.257 e. The fourth-order valence-corrected chi connectivity index (χ4v) is 3.59. The van der Waals surface area contributed by atoms with E-state index in [9.17, 15) is 4.79 Å². The molecular formula is C23H29N3O2S. The average Bonchev–Trinajstić information content (AvgIpc) is 2.69. The van der Waals surface area contributed by atoms with Crippen molar-refractivity contribution in [2.45, 2.75) is 39.7 Å². The number of carbonyl (C=O) groups is 1. The Labute approximate surface area is 178 Å². The number of hydrogen-bond acceptors (Lipinski definition) is 4. The first-order chi connectivity index (χ1) is 13.9. The van der Waals surface area contributed by atoms with Crippen molar-refractivity contribution in [1.82, 2.24) is 5.32 Å². The predicted octanol–water partition coefficient (Wildman–Crippen LogP) is 4.84. The van der Waals surface area contributed by atoms with Crippen LogP contribution in [0.15, 0.2) is 48.5 Å². The largest absolute Gasteiger partial charge is 0.491 e. The van der Waals surface area contributed by atoms with Crippen LogP contribution in [0, 0.1) is 5.92 Å². The Bertz CT molecular complexity index is 843. The number of piperidine rings is 1. The van der Waals surface area contributed by atoms with Crippen LogP contribution in [0.1, 0.15) is 44.0 Å². The molecule has 0 aliphatic carbocycles. The van der Waals surface area contributed by atoms with Crippen LogP contribution in [0.4, 0.5) is 11.4 Å². The Morgan fingerprint density at radius 2 is 1.76 bits per heavy atom. The molecule has 0 atom stereocenters. The van der Waals surface area contributed by atoms with E-state index in [1.165, 1.54) is 12.8 Å². The van der Waals surface area contributed by atoms with Crippen LogP contribution in [0.25, 0.3) is 0 Å². The molecule has 1 fully saturated rings. The summed E-state index contributed by atoms with van der Waals surface area (Å²) in [6.45, 7) is 8.29. The van der Waals surface area contributed by atoms with E-state index in [1.807, 2.05) is 32.0 Å². The number of para-hydroxylation sites is 2. The van der Waals surface area contributed by atoms with Crippen LogP contribution in [0.3, 0.4) is 0 Å². The molecule has 0 unspecified atom stereocenters. The van der Waals surface area contributed by atoms with Gasteiger partial charge in [-0.2, -0.15) is 0 Å². The van der Waals surface area contributed by atoms with Crippen LogP contribution < -0.4 is 20.3 Å². The summed E-state index contributed by atoms with van der Waals surface area (Å²) in [6.07, 6.45) is 2.47. The number of amides is 1. The summed E-state index contributed by atoms with van der Waals surface area (Å²) in [5.41, 5.74) is 2.56. The molecule has 2 N–H and O–H groups in total. The monoisotopic (exact) mass is 411 g/mol. The minimum atomic E-state index is -0.247. The van der Waals surface area contributed by atoms with Crippen LogP contribution in [0.5, 0.6) is 5.75 Å². The van der Waals surface area contributed by atoms with Gasteiger partial charge in [0.15, 0.2) is 5.11 Å². The molecular weight excluding hydrogens is 382 g/mol. The highest BCUT2D eigenvalue weighted by Crippen LogP contribution is 2.29. The lowest BCUT2D eigenvalue weighted by molar-refractivity contribution is 0.0977. The van der Waals surface area contributed by atoms with Gasteiger partial charge in [0.25, 0.3) is 5.91 Å². The van der Waals surface area contributed by atoms with Gasteiger partial charge >= 0.3 is 0 Å². The number of carbonyl (C=O) groups excluding carboxylic acids is 1. The van der Waals surface area contributed by atoms with Gasteiger partial charge in [0.2, 0.25) is 0 Å². The summed E-state index contributed by atoms with van der Waals surface area (Å²) in [6, 6.07) is 15.1. The van der Waals surface area contributed by atoms with Crippen molar-refractivity contribution in [3.8, 4) is 5.75 Å².